The molecule has 3 N–H and O–H groups in total. The molecule has 7 nitrogen and oxygen atoms in total. The zero-order valence-corrected chi connectivity index (χ0v) is 19.3. The first-order chi connectivity index (χ1) is 16.5. The summed E-state index contributed by atoms with van der Waals surface area (Å²) < 4.78 is 5.51. The molecule has 1 fully saturated rings. The van der Waals surface area contributed by atoms with Crippen LogP contribution >= 0.6 is 0 Å². The van der Waals surface area contributed by atoms with Gasteiger partial charge in [0.15, 0.2) is 0 Å². The van der Waals surface area contributed by atoms with Gasteiger partial charge < -0.3 is 20.5 Å². The van der Waals surface area contributed by atoms with Crippen LogP contribution in [0.5, 0.6) is 0 Å². The van der Waals surface area contributed by atoms with E-state index in [2.05, 4.69) is 34.9 Å². The average Bonchev–Trinajstić information content (AvgIpc) is 3.15. The van der Waals surface area contributed by atoms with Crippen molar-refractivity contribution in [3.63, 3.8) is 0 Å². The van der Waals surface area contributed by atoms with Crippen LogP contribution in [0.3, 0.4) is 0 Å². The molecule has 7 heteroatoms. The molecule has 0 aromatic heterocycles. The number of alkyl carbamates (subject to hydrolysis) is 1. The van der Waals surface area contributed by atoms with E-state index in [0.29, 0.717) is 13.0 Å². The summed E-state index contributed by atoms with van der Waals surface area (Å²) in [4.78, 5) is 35.6. The highest BCUT2D eigenvalue weighted by molar-refractivity contribution is 5.79. The highest BCUT2D eigenvalue weighted by atomic mass is 16.5. The summed E-state index contributed by atoms with van der Waals surface area (Å²) >= 11 is 0. The Morgan fingerprint density at radius 2 is 1.59 bits per heavy atom. The second-order valence-corrected chi connectivity index (χ2v) is 9.17. The number of rotatable bonds is 9. The van der Waals surface area contributed by atoms with Gasteiger partial charge in [0.05, 0.1) is 6.42 Å². The van der Waals surface area contributed by atoms with Gasteiger partial charge in [-0.25, -0.2) is 4.79 Å². The van der Waals surface area contributed by atoms with E-state index in [1.165, 1.54) is 11.1 Å². The highest BCUT2D eigenvalue weighted by Crippen LogP contribution is 2.44. The summed E-state index contributed by atoms with van der Waals surface area (Å²) in [5.74, 6) is -0.914. The molecule has 2 aliphatic carbocycles. The number of hydrogen-bond acceptors (Lipinski definition) is 4. The lowest BCUT2D eigenvalue weighted by Gasteiger charge is -2.31. The summed E-state index contributed by atoms with van der Waals surface area (Å²) in [5, 5.41) is 14.8. The van der Waals surface area contributed by atoms with Gasteiger partial charge in [0, 0.05) is 24.9 Å². The Morgan fingerprint density at radius 1 is 0.941 bits per heavy atom. The van der Waals surface area contributed by atoms with Crippen molar-refractivity contribution in [2.45, 2.75) is 56.9 Å². The Labute approximate surface area is 199 Å². The first kappa shape index (κ1) is 23.8. The predicted octanol–water partition coefficient (Wildman–Crippen LogP) is 4.46. The molecule has 0 aliphatic heterocycles. The van der Waals surface area contributed by atoms with Gasteiger partial charge in [0.25, 0.3) is 0 Å². The number of carbonyl (C=O) groups is 3. The molecule has 0 radical (unpaired) electrons. The van der Waals surface area contributed by atoms with E-state index in [-0.39, 0.29) is 43.2 Å². The Morgan fingerprint density at radius 3 is 2.26 bits per heavy atom. The van der Waals surface area contributed by atoms with Crippen molar-refractivity contribution in [2.75, 3.05) is 13.2 Å². The van der Waals surface area contributed by atoms with Crippen LogP contribution in [-0.4, -0.2) is 42.3 Å². The minimum Gasteiger partial charge on any atom is -0.481 e. The van der Waals surface area contributed by atoms with E-state index < -0.39 is 12.1 Å². The molecule has 1 saturated carbocycles. The van der Waals surface area contributed by atoms with Gasteiger partial charge >= 0.3 is 12.1 Å². The van der Waals surface area contributed by atoms with Crippen molar-refractivity contribution < 1.29 is 24.2 Å². The van der Waals surface area contributed by atoms with Gasteiger partial charge in [0.2, 0.25) is 5.91 Å². The average molecular weight is 465 g/mol. The number of fused-ring (bicyclic) bond motifs is 3. The molecule has 2 amide bonds. The van der Waals surface area contributed by atoms with E-state index in [0.717, 1.165) is 36.8 Å². The molecule has 2 atom stereocenters. The summed E-state index contributed by atoms with van der Waals surface area (Å²) in [6.45, 7) is 0.598. The van der Waals surface area contributed by atoms with Crippen LogP contribution in [0.2, 0.25) is 0 Å². The van der Waals surface area contributed by atoms with Crippen LogP contribution in [0, 0.1) is 5.92 Å². The van der Waals surface area contributed by atoms with Crippen LogP contribution in [-0.2, 0) is 14.3 Å². The van der Waals surface area contributed by atoms with Crippen LogP contribution in [0.4, 0.5) is 4.79 Å². The Balaban J connectivity index is 1.18. The second kappa shape index (κ2) is 11.2. The summed E-state index contributed by atoms with van der Waals surface area (Å²) in [7, 11) is 0. The fourth-order valence-corrected chi connectivity index (χ4v) is 5.23. The first-order valence-corrected chi connectivity index (χ1v) is 12.1. The molecule has 0 spiro atoms. The third kappa shape index (κ3) is 5.76. The predicted molar refractivity (Wildman–Crippen MR) is 128 cm³/mol. The molecule has 4 rings (SSSR count). The van der Waals surface area contributed by atoms with Gasteiger partial charge in [-0.2, -0.15) is 0 Å². The van der Waals surface area contributed by atoms with Crippen LogP contribution < -0.4 is 10.6 Å². The Bertz CT molecular complexity index is 992. The maximum atomic E-state index is 12.3. The van der Waals surface area contributed by atoms with Crippen molar-refractivity contribution in [1.82, 2.24) is 10.6 Å². The number of carboxylic acids is 1. The number of carbonyl (C=O) groups excluding carboxylic acids is 2. The number of aliphatic carboxylic acids is 1. The van der Waals surface area contributed by atoms with Gasteiger partial charge in [-0.05, 0) is 47.4 Å². The monoisotopic (exact) mass is 464 g/mol. The minimum absolute atomic E-state index is 0.00542. The number of nitrogens with one attached hydrogen (secondary N) is 2. The molecule has 0 saturated heterocycles. The van der Waals surface area contributed by atoms with Gasteiger partial charge in [-0.3, -0.25) is 9.59 Å². The molecule has 34 heavy (non-hydrogen) atoms. The van der Waals surface area contributed by atoms with Crippen LogP contribution in [0.25, 0.3) is 11.1 Å². The molecule has 0 bridgehead atoms. The lowest BCUT2D eigenvalue weighted by Crippen LogP contribution is -2.43. The normalized spacial score (nSPS) is 19.1. The largest absolute Gasteiger partial charge is 0.481 e. The van der Waals surface area contributed by atoms with Crippen molar-refractivity contribution >= 4 is 18.0 Å². The quantitative estimate of drug-likeness (QED) is 0.476. The van der Waals surface area contributed by atoms with Gasteiger partial charge in [-0.15, -0.1) is 0 Å². The lowest BCUT2D eigenvalue weighted by molar-refractivity contribution is -0.139. The second-order valence-electron chi connectivity index (χ2n) is 9.17. The molecule has 2 aromatic carbocycles. The van der Waals surface area contributed by atoms with E-state index >= 15 is 0 Å². The van der Waals surface area contributed by atoms with E-state index in [1.807, 2.05) is 24.3 Å². The third-order valence-electron chi connectivity index (χ3n) is 6.89. The van der Waals surface area contributed by atoms with Crippen LogP contribution in [0.15, 0.2) is 48.5 Å². The number of hydrogen-bond donors (Lipinski definition) is 3. The molecule has 0 heterocycles. The maximum absolute atomic E-state index is 12.3. The topological polar surface area (TPSA) is 105 Å². The van der Waals surface area contributed by atoms with Crippen LogP contribution in [0.1, 0.15) is 62.0 Å². The number of carboxylic acid groups (broad SMARTS) is 1. The van der Waals surface area contributed by atoms with Crippen molar-refractivity contribution in [3.05, 3.63) is 59.7 Å². The molecular weight excluding hydrogens is 432 g/mol. The number of ether oxygens (including phenoxy) is 1. The molecule has 2 aliphatic rings. The standard InChI is InChI=1S/C27H32N2O5/c30-25(29-24-13-6-1-8-18(24)16-26(31)32)14-7-15-28-27(33)34-17-23-21-11-4-2-9-19(21)20-10-3-5-12-22(20)23/h2-5,9-12,18,23-24H,1,6-8,13-17H2,(H,28,33)(H,29,30)(H,31,32)/t18-,24-/m0/s1. The molecule has 180 valence electrons. The molecule has 2 aromatic rings. The zero-order valence-electron chi connectivity index (χ0n) is 19.3. The number of amides is 2. The Kier molecular flexibility index (Phi) is 7.83. The van der Waals surface area contributed by atoms with Crippen molar-refractivity contribution in [3.8, 4) is 11.1 Å². The first-order valence-electron chi connectivity index (χ1n) is 12.1. The molecular formula is C27H32N2O5. The van der Waals surface area contributed by atoms with E-state index in [4.69, 9.17) is 9.84 Å². The summed E-state index contributed by atoms with van der Waals surface area (Å²) in [6, 6.07) is 16.3. The maximum Gasteiger partial charge on any atom is 0.407 e. The number of benzene rings is 2. The van der Waals surface area contributed by atoms with Gasteiger partial charge in [-0.1, -0.05) is 61.4 Å². The van der Waals surface area contributed by atoms with Crippen molar-refractivity contribution in [1.29, 1.82) is 0 Å². The highest BCUT2D eigenvalue weighted by Gasteiger charge is 2.29. The summed E-state index contributed by atoms with van der Waals surface area (Å²) in [6.07, 6.45) is 4.04. The Hall–Kier alpha value is -3.35. The molecule has 0 unspecified atom stereocenters. The summed E-state index contributed by atoms with van der Waals surface area (Å²) in [5.41, 5.74) is 4.69. The smallest absolute Gasteiger partial charge is 0.407 e. The third-order valence-corrected chi connectivity index (χ3v) is 6.89. The lowest BCUT2D eigenvalue weighted by atomic mass is 9.82. The SMILES string of the molecule is O=C(O)C[C@@H]1CCCC[C@@H]1NC(=O)CCCNC(=O)OCC1c2ccccc2-c2ccccc21. The van der Waals surface area contributed by atoms with Crippen molar-refractivity contribution in [2.24, 2.45) is 5.92 Å². The zero-order chi connectivity index (χ0) is 23.9. The van der Waals surface area contributed by atoms with Gasteiger partial charge in [0.1, 0.15) is 6.61 Å². The fraction of sp³-hybridized carbons (Fsp3) is 0.444. The fourth-order valence-electron chi connectivity index (χ4n) is 5.23. The minimum atomic E-state index is -0.821. The van der Waals surface area contributed by atoms with E-state index in [9.17, 15) is 14.4 Å². The van der Waals surface area contributed by atoms with E-state index in [1.54, 1.807) is 0 Å².